The molecule has 42 heavy (non-hydrogen) atoms. The molecule has 0 aromatic heterocycles. The van der Waals surface area contributed by atoms with Gasteiger partial charge in [0.05, 0.1) is 41.9 Å². The third-order valence-corrected chi connectivity index (χ3v) is 7.97. The molecule has 4 aromatic carbocycles. The lowest BCUT2D eigenvalue weighted by Gasteiger charge is -2.28. The van der Waals surface area contributed by atoms with Crippen molar-refractivity contribution in [1.82, 2.24) is 0 Å². The molecule has 0 heterocycles. The van der Waals surface area contributed by atoms with Crippen LogP contribution in [0.25, 0.3) is 21.9 Å². The monoisotopic (exact) mass is 568 g/mol. The molecule has 0 radical (unpaired) electrons. The molecule has 0 saturated carbocycles. The van der Waals surface area contributed by atoms with Crippen LogP contribution in [0.5, 0.6) is 34.5 Å². The number of phenols is 4. The molecule has 2 aliphatic carbocycles. The minimum atomic E-state index is -0.841. The van der Waals surface area contributed by atoms with Gasteiger partial charge in [-0.2, -0.15) is 0 Å². The van der Waals surface area contributed by atoms with Crippen molar-refractivity contribution in [2.75, 3.05) is 14.2 Å². The van der Waals surface area contributed by atoms with Crippen molar-refractivity contribution >= 4 is 33.9 Å². The van der Waals surface area contributed by atoms with Gasteiger partial charge in [0.25, 0.3) is 0 Å². The molecule has 0 saturated heterocycles. The van der Waals surface area contributed by atoms with Gasteiger partial charge in [-0.15, -0.1) is 0 Å². The Morgan fingerprint density at radius 2 is 1.38 bits per heavy atom. The summed E-state index contributed by atoms with van der Waals surface area (Å²) in [4.78, 5) is 54.3. The second-order valence-electron chi connectivity index (χ2n) is 10.5. The number of ether oxygens (including phenoxy) is 2. The molecule has 2 aliphatic rings. The lowest BCUT2D eigenvalue weighted by atomic mass is 9.75. The Kier molecular flexibility index (Phi) is 5.79. The van der Waals surface area contributed by atoms with E-state index in [1.54, 1.807) is 13.8 Å². The first-order valence-electron chi connectivity index (χ1n) is 13.0. The average Bonchev–Trinajstić information content (AvgIpc) is 2.93. The van der Waals surface area contributed by atoms with Gasteiger partial charge in [0, 0.05) is 46.0 Å². The first-order chi connectivity index (χ1) is 19.9. The van der Waals surface area contributed by atoms with E-state index in [-0.39, 0.29) is 67.6 Å². The Balaban J connectivity index is 1.82. The second kappa shape index (κ2) is 9.07. The maximum absolute atomic E-state index is 13.8. The Bertz CT molecular complexity index is 1970. The highest BCUT2D eigenvalue weighted by Crippen LogP contribution is 2.54. The molecule has 212 valence electrons. The number of phenolic OH excluding ortho intramolecular Hbond substituents is 4. The standard InChI is InChI=1S/C32H24O10/c1-11-5-15-22(17(33)6-11)30(38)24-16(29(15)37)10-20(42-4)26(32(24)40)23-14-8-13(41-3)9-19(35)21(14)31(39)25-18(34)7-12(2)28(36)27(23)25/h5-6,8-10,12,33,35,39-40H,7H2,1-4H3/t12-/m1/s1. The van der Waals surface area contributed by atoms with Crippen LogP contribution in [-0.4, -0.2) is 57.8 Å². The minimum Gasteiger partial charge on any atom is -0.507 e. The molecule has 0 fully saturated rings. The Labute approximate surface area is 238 Å². The molecule has 0 spiro atoms. The van der Waals surface area contributed by atoms with E-state index in [1.807, 2.05) is 0 Å². The summed E-state index contributed by atoms with van der Waals surface area (Å²) in [5.41, 5.74) is -1.34. The largest absolute Gasteiger partial charge is 0.507 e. The van der Waals surface area contributed by atoms with E-state index in [9.17, 15) is 39.6 Å². The zero-order valence-electron chi connectivity index (χ0n) is 22.9. The van der Waals surface area contributed by atoms with E-state index < -0.39 is 57.6 Å². The zero-order chi connectivity index (χ0) is 30.4. The molecule has 4 N–H and O–H groups in total. The van der Waals surface area contributed by atoms with Gasteiger partial charge in [-0.05, 0) is 36.8 Å². The summed E-state index contributed by atoms with van der Waals surface area (Å²) in [6, 6.07) is 6.64. The molecule has 0 unspecified atom stereocenters. The molecular weight excluding hydrogens is 544 g/mol. The number of rotatable bonds is 3. The van der Waals surface area contributed by atoms with Crippen LogP contribution in [0.1, 0.15) is 71.5 Å². The number of aryl methyl sites for hydroxylation is 1. The zero-order valence-corrected chi connectivity index (χ0v) is 22.9. The highest BCUT2D eigenvalue weighted by Gasteiger charge is 2.41. The Morgan fingerprint density at radius 3 is 2.05 bits per heavy atom. The molecule has 0 amide bonds. The lowest BCUT2D eigenvalue weighted by Crippen LogP contribution is -2.26. The van der Waals surface area contributed by atoms with Gasteiger partial charge < -0.3 is 29.9 Å². The number of hydrogen-bond donors (Lipinski definition) is 4. The SMILES string of the molecule is COc1cc(O)c2c(O)c3c(c(-c4c(OC)cc5c(c4O)C(=O)c4c(O)cc(C)cc4C5=O)c2c1)C(=O)[C@H](C)CC3=O. The fourth-order valence-corrected chi connectivity index (χ4v) is 6.08. The van der Waals surface area contributed by atoms with E-state index >= 15 is 0 Å². The number of benzene rings is 4. The quantitative estimate of drug-likeness (QED) is 0.236. The fourth-order valence-electron chi connectivity index (χ4n) is 6.08. The van der Waals surface area contributed by atoms with Crippen LogP contribution in [0, 0.1) is 12.8 Å². The smallest absolute Gasteiger partial charge is 0.201 e. The van der Waals surface area contributed by atoms with Gasteiger partial charge >= 0.3 is 0 Å². The topological polar surface area (TPSA) is 168 Å². The molecule has 10 heteroatoms. The molecule has 10 nitrogen and oxygen atoms in total. The lowest BCUT2D eigenvalue weighted by molar-refractivity contribution is 0.0833. The van der Waals surface area contributed by atoms with Crippen LogP contribution < -0.4 is 9.47 Å². The van der Waals surface area contributed by atoms with Crippen LogP contribution >= 0.6 is 0 Å². The molecule has 1 atom stereocenters. The third-order valence-electron chi connectivity index (χ3n) is 7.97. The first-order valence-corrected chi connectivity index (χ1v) is 13.0. The van der Waals surface area contributed by atoms with Crippen molar-refractivity contribution < 1.29 is 49.1 Å². The van der Waals surface area contributed by atoms with Crippen molar-refractivity contribution in [1.29, 1.82) is 0 Å². The van der Waals surface area contributed by atoms with E-state index in [0.29, 0.717) is 5.56 Å². The van der Waals surface area contributed by atoms with Crippen LogP contribution in [0.15, 0.2) is 30.3 Å². The van der Waals surface area contributed by atoms with Crippen molar-refractivity contribution in [3.63, 3.8) is 0 Å². The van der Waals surface area contributed by atoms with E-state index in [4.69, 9.17) is 9.47 Å². The van der Waals surface area contributed by atoms with Crippen LogP contribution in [0.2, 0.25) is 0 Å². The first kappa shape index (κ1) is 26.8. The number of ketones is 4. The fraction of sp³-hybridized carbons (Fsp3) is 0.188. The third kappa shape index (κ3) is 3.44. The van der Waals surface area contributed by atoms with Crippen molar-refractivity contribution in [2.45, 2.75) is 20.3 Å². The second-order valence-corrected chi connectivity index (χ2v) is 10.5. The van der Waals surface area contributed by atoms with Crippen LogP contribution in [0.4, 0.5) is 0 Å². The molecule has 0 aliphatic heterocycles. The number of carbonyl (C=O) groups is 4. The summed E-state index contributed by atoms with van der Waals surface area (Å²) in [5.74, 6) is -5.65. The molecule has 0 bridgehead atoms. The van der Waals surface area contributed by atoms with E-state index in [2.05, 4.69) is 0 Å². The van der Waals surface area contributed by atoms with Crippen molar-refractivity contribution in [3.8, 4) is 45.6 Å². The summed E-state index contributed by atoms with van der Waals surface area (Å²) < 4.78 is 10.9. The summed E-state index contributed by atoms with van der Waals surface area (Å²) in [6.45, 7) is 3.20. The number of aromatic hydroxyl groups is 4. The number of fused-ring (bicyclic) bond motifs is 4. The molecule has 6 rings (SSSR count). The summed E-state index contributed by atoms with van der Waals surface area (Å²) in [7, 11) is 2.59. The van der Waals surface area contributed by atoms with Gasteiger partial charge in [0.2, 0.25) is 5.78 Å². The predicted octanol–water partition coefficient (Wildman–Crippen LogP) is 4.84. The highest BCUT2D eigenvalue weighted by atomic mass is 16.5. The van der Waals surface area contributed by atoms with Gasteiger partial charge in [-0.1, -0.05) is 6.92 Å². The van der Waals surface area contributed by atoms with Gasteiger partial charge in [-0.3, -0.25) is 19.2 Å². The molecular formula is C32H24O10. The molecule has 4 aromatic rings. The highest BCUT2D eigenvalue weighted by molar-refractivity contribution is 6.32. The van der Waals surface area contributed by atoms with Crippen LogP contribution in [0.3, 0.4) is 0 Å². The van der Waals surface area contributed by atoms with E-state index in [1.165, 1.54) is 44.6 Å². The van der Waals surface area contributed by atoms with E-state index in [0.717, 1.165) is 0 Å². The van der Waals surface area contributed by atoms with Gasteiger partial charge in [-0.25, -0.2) is 0 Å². The number of carbonyl (C=O) groups excluding carboxylic acids is 4. The Hall–Kier alpha value is -5.38. The minimum absolute atomic E-state index is 0.0142. The normalized spacial score (nSPS) is 15.9. The predicted molar refractivity (Wildman–Crippen MR) is 150 cm³/mol. The Morgan fingerprint density at radius 1 is 0.690 bits per heavy atom. The number of methoxy groups -OCH3 is 2. The maximum atomic E-state index is 13.8. The van der Waals surface area contributed by atoms with Crippen LogP contribution in [-0.2, 0) is 0 Å². The number of Topliss-reactive ketones (excluding diaryl/α,β-unsaturated/α-hetero) is 2. The van der Waals surface area contributed by atoms with Crippen molar-refractivity contribution in [2.24, 2.45) is 5.92 Å². The average molecular weight is 569 g/mol. The van der Waals surface area contributed by atoms with Gasteiger partial charge in [0.1, 0.15) is 34.5 Å². The number of hydrogen-bond acceptors (Lipinski definition) is 10. The maximum Gasteiger partial charge on any atom is 0.201 e. The van der Waals surface area contributed by atoms with Crippen molar-refractivity contribution in [3.05, 3.63) is 69.3 Å². The summed E-state index contributed by atoms with van der Waals surface area (Å²) in [6.07, 6.45) is -0.197. The summed E-state index contributed by atoms with van der Waals surface area (Å²) in [5, 5.41) is 44.4. The summed E-state index contributed by atoms with van der Waals surface area (Å²) >= 11 is 0. The van der Waals surface area contributed by atoms with Gasteiger partial charge in [0.15, 0.2) is 17.3 Å².